The Morgan fingerprint density at radius 2 is 1.36 bits per heavy atom. The number of furan rings is 1. The number of hydrogen-bond acceptors (Lipinski definition) is 2. The predicted octanol–water partition coefficient (Wildman–Crippen LogP) is 7.16. The molecule has 5 aromatic rings. The molecular weight excluding hydrogens is 349 g/mol. The molecule has 3 heteroatoms. The first kappa shape index (κ1) is 16.6. The number of anilines is 2. The van der Waals surface area contributed by atoms with Crippen LogP contribution in [0.15, 0.2) is 95.4 Å². The molecule has 0 radical (unpaired) electrons. The van der Waals surface area contributed by atoms with E-state index in [1.165, 1.54) is 12.1 Å². The van der Waals surface area contributed by atoms with Gasteiger partial charge in [0.05, 0.1) is 5.69 Å². The van der Waals surface area contributed by atoms with Crippen LogP contribution in [0.3, 0.4) is 0 Å². The Hall–Kier alpha value is -3.59. The molecule has 2 nitrogen and oxygen atoms in total. The van der Waals surface area contributed by atoms with Crippen LogP contribution in [0.2, 0.25) is 0 Å². The molecule has 0 aliphatic heterocycles. The summed E-state index contributed by atoms with van der Waals surface area (Å²) in [5, 5.41) is 2.16. The van der Waals surface area contributed by atoms with E-state index in [1.807, 2.05) is 42.3 Å². The zero-order chi connectivity index (χ0) is 19.1. The highest BCUT2D eigenvalue weighted by atomic mass is 19.1. The third kappa shape index (κ3) is 2.64. The first-order chi connectivity index (χ1) is 13.7. The van der Waals surface area contributed by atoms with Crippen LogP contribution in [-0.4, -0.2) is 7.05 Å². The van der Waals surface area contributed by atoms with Crippen molar-refractivity contribution >= 4 is 33.3 Å². The molecule has 0 unspecified atom stereocenters. The van der Waals surface area contributed by atoms with Crippen molar-refractivity contribution in [1.82, 2.24) is 0 Å². The molecule has 0 atom stereocenters. The normalized spacial score (nSPS) is 11.2. The van der Waals surface area contributed by atoms with Gasteiger partial charge in [-0.25, -0.2) is 4.39 Å². The average molecular weight is 367 g/mol. The summed E-state index contributed by atoms with van der Waals surface area (Å²) in [6.07, 6.45) is 0. The Bertz CT molecular complexity index is 1270. The van der Waals surface area contributed by atoms with Crippen molar-refractivity contribution in [1.29, 1.82) is 0 Å². The van der Waals surface area contributed by atoms with E-state index in [0.29, 0.717) is 0 Å². The third-order valence-corrected chi connectivity index (χ3v) is 5.16. The van der Waals surface area contributed by atoms with Gasteiger partial charge >= 0.3 is 0 Å². The fourth-order valence-electron chi connectivity index (χ4n) is 3.72. The van der Waals surface area contributed by atoms with Crippen LogP contribution in [0, 0.1) is 5.82 Å². The number of para-hydroxylation sites is 2. The van der Waals surface area contributed by atoms with E-state index >= 15 is 0 Å². The van der Waals surface area contributed by atoms with E-state index in [1.54, 1.807) is 12.1 Å². The molecule has 1 heterocycles. The van der Waals surface area contributed by atoms with Gasteiger partial charge in [0.25, 0.3) is 0 Å². The average Bonchev–Trinajstić information content (AvgIpc) is 3.13. The molecular formula is C25H18FNO. The molecule has 0 spiro atoms. The fraction of sp³-hybridized carbons (Fsp3) is 0.0400. The number of nitrogens with zero attached hydrogens (tertiary/aromatic N) is 1. The molecule has 5 rings (SSSR count). The first-order valence-corrected chi connectivity index (χ1v) is 9.21. The maximum absolute atomic E-state index is 13.3. The molecule has 0 saturated heterocycles. The highest BCUT2D eigenvalue weighted by Crippen LogP contribution is 2.40. The molecule has 136 valence electrons. The predicted molar refractivity (Wildman–Crippen MR) is 114 cm³/mol. The van der Waals surface area contributed by atoms with Crippen LogP contribution < -0.4 is 4.90 Å². The van der Waals surface area contributed by atoms with Crippen LogP contribution in [-0.2, 0) is 0 Å². The first-order valence-electron chi connectivity index (χ1n) is 9.21. The van der Waals surface area contributed by atoms with E-state index in [4.69, 9.17) is 4.42 Å². The lowest BCUT2D eigenvalue weighted by molar-refractivity contribution is 0.628. The molecule has 0 amide bonds. The highest BCUT2D eigenvalue weighted by Gasteiger charge is 2.16. The van der Waals surface area contributed by atoms with Gasteiger partial charge < -0.3 is 9.32 Å². The van der Waals surface area contributed by atoms with Gasteiger partial charge in [0.2, 0.25) is 0 Å². The minimum absolute atomic E-state index is 0.244. The van der Waals surface area contributed by atoms with Crippen LogP contribution in [0.25, 0.3) is 33.1 Å². The fourth-order valence-corrected chi connectivity index (χ4v) is 3.72. The van der Waals surface area contributed by atoms with Gasteiger partial charge in [-0.3, -0.25) is 0 Å². The Balaban J connectivity index is 1.73. The van der Waals surface area contributed by atoms with Crippen molar-refractivity contribution in [2.75, 3.05) is 11.9 Å². The van der Waals surface area contributed by atoms with Crippen LogP contribution >= 0.6 is 0 Å². The van der Waals surface area contributed by atoms with Crippen LogP contribution in [0.1, 0.15) is 0 Å². The minimum atomic E-state index is -0.244. The molecule has 0 bridgehead atoms. The standard InChI is InChI=1S/C25H18FNO/c1-27(19-15-13-18(26)14-16-19)23-12-6-11-22-21-10-5-9-20(24(21)28-25(22)23)17-7-3-2-4-8-17/h2-16H,1H3. The lowest BCUT2D eigenvalue weighted by atomic mass is 10.0. The number of halogens is 1. The summed E-state index contributed by atoms with van der Waals surface area (Å²) in [5.41, 5.74) is 5.75. The van der Waals surface area contributed by atoms with Crippen molar-refractivity contribution < 1.29 is 8.81 Å². The van der Waals surface area contributed by atoms with Gasteiger partial charge in [-0.15, -0.1) is 0 Å². The zero-order valence-corrected chi connectivity index (χ0v) is 15.4. The van der Waals surface area contributed by atoms with Gasteiger partial charge in [-0.1, -0.05) is 60.7 Å². The van der Waals surface area contributed by atoms with Crippen molar-refractivity contribution in [2.45, 2.75) is 0 Å². The smallest absolute Gasteiger partial charge is 0.159 e. The van der Waals surface area contributed by atoms with Crippen molar-refractivity contribution in [3.8, 4) is 11.1 Å². The van der Waals surface area contributed by atoms with Gasteiger partial charge in [0.15, 0.2) is 5.58 Å². The maximum atomic E-state index is 13.3. The molecule has 0 saturated carbocycles. The summed E-state index contributed by atoms with van der Waals surface area (Å²) in [6, 6.07) is 29.1. The monoisotopic (exact) mass is 367 g/mol. The maximum Gasteiger partial charge on any atom is 0.159 e. The van der Waals surface area contributed by atoms with Gasteiger partial charge in [-0.2, -0.15) is 0 Å². The summed E-state index contributed by atoms with van der Waals surface area (Å²) >= 11 is 0. The molecule has 4 aromatic carbocycles. The molecule has 0 fully saturated rings. The molecule has 28 heavy (non-hydrogen) atoms. The largest absolute Gasteiger partial charge is 0.453 e. The Morgan fingerprint density at radius 3 is 2.11 bits per heavy atom. The Morgan fingerprint density at radius 1 is 0.679 bits per heavy atom. The number of benzene rings is 4. The summed E-state index contributed by atoms with van der Waals surface area (Å²) in [4.78, 5) is 2.02. The van der Waals surface area contributed by atoms with E-state index in [2.05, 4.69) is 36.4 Å². The lowest BCUT2D eigenvalue weighted by Crippen LogP contribution is -2.09. The second kappa shape index (κ2) is 6.54. The van der Waals surface area contributed by atoms with Crippen LogP contribution in [0.5, 0.6) is 0 Å². The second-order valence-electron chi connectivity index (χ2n) is 6.84. The van der Waals surface area contributed by atoms with E-state index in [-0.39, 0.29) is 5.82 Å². The van der Waals surface area contributed by atoms with Gasteiger partial charge in [-0.05, 0) is 35.9 Å². The second-order valence-corrected chi connectivity index (χ2v) is 6.84. The Kier molecular flexibility index (Phi) is 3.87. The Labute approximate surface area is 162 Å². The SMILES string of the molecule is CN(c1ccc(F)cc1)c1cccc2c1oc1c(-c3ccccc3)cccc12. The van der Waals surface area contributed by atoms with E-state index < -0.39 is 0 Å². The van der Waals surface area contributed by atoms with E-state index in [0.717, 1.165) is 44.4 Å². The number of hydrogen-bond donors (Lipinski definition) is 0. The zero-order valence-electron chi connectivity index (χ0n) is 15.4. The highest BCUT2D eigenvalue weighted by molar-refractivity contribution is 6.12. The molecule has 0 aliphatic rings. The van der Waals surface area contributed by atoms with Crippen molar-refractivity contribution in [3.63, 3.8) is 0 Å². The summed E-state index contributed by atoms with van der Waals surface area (Å²) in [6.45, 7) is 0. The van der Waals surface area contributed by atoms with Crippen LogP contribution in [0.4, 0.5) is 15.8 Å². The number of fused-ring (bicyclic) bond motifs is 3. The topological polar surface area (TPSA) is 16.4 Å². The van der Waals surface area contributed by atoms with Crippen molar-refractivity contribution in [2.24, 2.45) is 0 Å². The summed E-state index contributed by atoms with van der Waals surface area (Å²) < 4.78 is 19.7. The van der Waals surface area contributed by atoms with Gasteiger partial charge in [0.1, 0.15) is 11.4 Å². The lowest BCUT2D eigenvalue weighted by Gasteiger charge is -2.19. The molecule has 0 aliphatic carbocycles. The molecule has 0 N–H and O–H groups in total. The number of rotatable bonds is 3. The summed E-state index contributed by atoms with van der Waals surface area (Å²) in [7, 11) is 1.97. The van der Waals surface area contributed by atoms with E-state index in [9.17, 15) is 4.39 Å². The summed E-state index contributed by atoms with van der Waals surface area (Å²) in [5.74, 6) is -0.244. The third-order valence-electron chi connectivity index (χ3n) is 5.16. The van der Waals surface area contributed by atoms with Crippen molar-refractivity contribution in [3.05, 3.63) is 96.8 Å². The minimum Gasteiger partial charge on any atom is -0.453 e. The van der Waals surface area contributed by atoms with Gasteiger partial charge in [0, 0.05) is 29.1 Å². The molecule has 1 aromatic heterocycles. The quantitative estimate of drug-likeness (QED) is 0.336.